The fourth-order valence-corrected chi connectivity index (χ4v) is 2.12. The molecule has 0 saturated heterocycles. The van der Waals surface area contributed by atoms with E-state index in [0.717, 1.165) is 11.8 Å². The molecule has 0 aliphatic heterocycles. The Kier molecular flexibility index (Phi) is 3.28. The first kappa shape index (κ1) is 12.1. The summed E-state index contributed by atoms with van der Waals surface area (Å²) in [6.07, 6.45) is 2.83. The molecule has 2 aromatic rings. The summed E-state index contributed by atoms with van der Waals surface area (Å²) in [4.78, 5) is 23.2. The number of carboxylic acid groups (broad SMARTS) is 1. The third-order valence-corrected chi connectivity index (χ3v) is 2.87. The van der Waals surface area contributed by atoms with E-state index in [-0.39, 0.29) is 22.4 Å². The normalized spacial score (nSPS) is 10.2. The molecule has 18 heavy (non-hydrogen) atoms. The predicted molar refractivity (Wildman–Crippen MR) is 66.2 cm³/mol. The van der Waals surface area contributed by atoms with Crippen LogP contribution in [-0.2, 0) is 0 Å². The first-order valence-corrected chi connectivity index (χ1v) is 5.63. The van der Waals surface area contributed by atoms with E-state index in [1.807, 2.05) is 0 Å². The van der Waals surface area contributed by atoms with E-state index >= 15 is 0 Å². The van der Waals surface area contributed by atoms with Crippen molar-refractivity contribution in [3.8, 4) is 0 Å². The highest BCUT2D eigenvalue weighted by Gasteiger charge is 2.12. The van der Waals surface area contributed by atoms with Crippen molar-refractivity contribution in [1.82, 2.24) is 15.0 Å². The number of anilines is 2. The van der Waals surface area contributed by atoms with E-state index in [2.05, 4.69) is 15.0 Å². The highest BCUT2D eigenvalue weighted by atomic mass is 32.2. The summed E-state index contributed by atoms with van der Waals surface area (Å²) < 4.78 is 0. The maximum absolute atomic E-state index is 11.0. The van der Waals surface area contributed by atoms with Gasteiger partial charge >= 0.3 is 5.97 Å². The second kappa shape index (κ2) is 4.88. The van der Waals surface area contributed by atoms with Gasteiger partial charge in [-0.05, 0) is 17.8 Å². The third kappa shape index (κ3) is 2.66. The van der Waals surface area contributed by atoms with Crippen LogP contribution in [0.4, 0.5) is 11.6 Å². The molecule has 2 rings (SSSR count). The maximum Gasteiger partial charge on any atom is 0.336 e. The van der Waals surface area contributed by atoms with Gasteiger partial charge in [-0.3, -0.25) is 4.98 Å². The van der Waals surface area contributed by atoms with Crippen molar-refractivity contribution in [2.24, 2.45) is 0 Å². The summed E-state index contributed by atoms with van der Waals surface area (Å²) in [5.41, 5.74) is 11.2. The number of nitrogens with two attached hydrogens (primary N) is 2. The standard InChI is InChI=1S/C10H9N5O2S/c11-7-3-8(12)15-10(14-7)18-6-4-13-2-1-5(6)9(16)17/h1-4H,(H,16,17)(H4,11,12,14,15). The molecule has 0 unspecified atom stereocenters. The van der Waals surface area contributed by atoms with Gasteiger partial charge in [-0.25, -0.2) is 14.8 Å². The smallest absolute Gasteiger partial charge is 0.336 e. The molecule has 0 bridgehead atoms. The lowest BCUT2D eigenvalue weighted by atomic mass is 10.3. The first-order chi connectivity index (χ1) is 8.56. The summed E-state index contributed by atoms with van der Waals surface area (Å²) in [5, 5.41) is 9.30. The Morgan fingerprint density at radius 3 is 2.56 bits per heavy atom. The Bertz CT molecular complexity index is 584. The van der Waals surface area contributed by atoms with Gasteiger partial charge in [-0.15, -0.1) is 0 Å². The van der Waals surface area contributed by atoms with Gasteiger partial charge in [0, 0.05) is 23.4 Å². The third-order valence-electron chi connectivity index (χ3n) is 1.96. The number of rotatable bonds is 3. The van der Waals surface area contributed by atoms with E-state index in [9.17, 15) is 4.79 Å². The van der Waals surface area contributed by atoms with Crippen LogP contribution in [0, 0.1) is 0 Å². The molecule has 0 amide bonds. The van der Waals surface area contributed by atoms with Gasteiger partial charge in [0.25, 0.3) is 0 Å². The van der Waals surface area contributed by atoms with Crippen molar-refractivity contribution in [2.75, 3.05) is 11.5 Å². The predicted octanol–water partition coefficient (Wildman–Crippen LogP) is 0.885. The number of aromatic nitrogens is 3. The van der Waals surface area contributed by atoms with Gasteiger partial charge in [0.05, 0.1) is 5.56 Å². The van der Waals surface area contributed by atoms with E-state index in [1.54, 1.807) is 0 Å². The van der Waals surface area contributed by atoms with Crippen molar-refractivity contribution < 1.29 is 9.90 Å². The zero-order chi connectivity index (χ0) is 13.1. The van der Waals surface area contributed by atoms with Crippen molar-refractivity contribution >= 4 is 29.4 Å². The molecule has 0 aliphatic carbocycles. The second-order valence-electron chi connectivity index (χ2n) is 3.28. The Labute approximate surface area is 106 Å². The molecule has 0 aliphatic rings. The number of hydrogen-bond acceptors (Lipinski definition) is 7. The Balaban J connectivity index is 2.37. The van der Waals surface area contributed by atoms with Gasteiger partial charge in [-0.1, -0.05) is 0 Å². The molecule has 8 heteroatoms. The highest BCUT2D eigenvalue weighted by Crippen LogP contribution is 2.28. The molecule has 0 spiro atoms. The average Bonchev–Trinajstić information content (AvgIpc) is 2.27. The SMILES string of the molecule is Nc1cc(N)nc(Sc2cnccc2C(=O)O)n1. The summed E-state index contributed by atoms with van der Waals surface area (Å²) in [7, 11) is 0. The monoisotopic (exact) mass is 263 g/mol. The van der Waals surface area contributed by atoms with E-state index in [4.69, 9.17) is 16.6 Å². The largest absolute Gasteiger partial charge is 0.478 e. The highest BCUT2D eigenvalue weighted by molar-refractivity contribution is 7.99. The van der Waals surface area contributed by atoms with Crippen molar-refractivity contribution in [1.29, 1.82) is 0 Å². The minimum Gasteiger partial charge on any atom is -0.478 e. The first-order valence-electron chi connectivity index (χ1n) is 4.81. The number of aromatic carboxylic acids is 1. The molecular weight excluding hydrogens is 254 g/mol. The zero-order valence-corrected chi connectivity index (χ0v) is 9.89. The van der Waals surface area contributed by atoms with Crippen LogP contribution in [0.1, 0.15) is 10.4 Å². The molecule has 5 N–H and O–H groups in total. The van der Waals surface area contributed by atoms with E-state index < -0.39 is 5.97 Å². The molecule has 7 nitrogen and oxygen atoms in total. The number of nitrogens with zero attached hydrogens (tertiary/aromatic N) is 3. The topological polar surface area (TPSA) is 128 Å². The second-order valence-corrected chi connectivity index (χ2v) is 4.29. The molecule has 2 aromatic heterocycles. The lowest BCUT2D eigenvalue weighted by molar-refractivity contribution is 0.0693. The zero-order valence-electron chi connectivity index (χ0n) is 9.07. The molecule has 0 atom stereocenters. The minimum absolute atomic E-state index is 0.125. The van der Waals surface area contributed by atoms with Gasteiger partial charge in [0.2, 0.25) is 0 Å². The summed E-state index contributed by atoms with van der Waals surface area (Å²) in [5.74, 6) is -0.590. The van der Waals surface area contributed by atoms with E-state index in [1.165, 1.54) is 24.5 Å². The lowest BCUT2D eigenvalue weighted by Crippen LogP contribution is -2.02. The van der Waals surface area contributed by atoms with Crippen LogP contribution in [0.15, 0.2) is 34.6 Å². The number of carbonyl (C=O) groups is 1. The van der Waals surface area contributed by atoms with Gasteiger partial charge in [0.1, 0.15) is 11.6 Å². The fourth-order valence-electron chi connectivity index (χ4n) is 1.24. The maximum atomic E-state index is 11.0. The molecule has 0 saturated carbocycles. The van der Waals surface area contributed by atoms with Crippen LogP contribution in [0.5, 0.6) is 0 Å². The Morgan fingerprint density at radius 1 is 1.28 bits per heavy atom. The van der Waals surface area contributed by atoms with Crippen molar-refractivity contribution in [3.05, 3.63) is 30.1 Å². The van der Waals surface area contributed by atoms with Gasteiger partial charge in [-0.2, -0.15) is 0 Å². The molecule has 2 heterocycles. The van der Waals surface area contributed by atoms with E-state index in [0.29, 0.717) is 4.90 Å². The molecule has 0 radical (unpaired) electrons. The van der Waals surface area contributed by atoms with Gasteiger partial charge < -0.3 is 16.6 Å². The van der Waals surface area contributed by atoms with Crippen LogP contribution in [0.25, 0.3) is 0 Å². The average molecular weight is 263 g/mol. The van der Waals surface area contributed by atoms with Crippen LogP contribution < -0.4 is 11.5 Å². The molecule has 92 valence electrons. The number of pyridine rings is 1. The molecule has 0 aromatic carbocycles. The fraction of sp³-hybridized carbons (Fsp3) is 0. The Hall–Kier alpha value is -2.35. The number of hydrogen-bond donors (Lipinski definition) is 3. The Morgan fingerprint density at radius 2 is 1.94 bits per heavy atom. The summed E-state index contributed by atoms with van der Waals surface area (Å²) >= 11 is 1.05. The molecular formula is C10H9N5O2S. The van der Waals surface area contributed by atoms with Crippen LogP contribution in [0.3, 0.4) is 0 Å². The van der Waals surface area contributed by atoms with Gasteiger partial charge in [0.15, 0.2) is 5.16 Å². The van der Waals surface area contributed by atoms with Crippen molar-refractivity contribution in [2.45, 2.75) is 10.1 Å². The quantitative estimate of drug-likeness (QED) is 0.696. The minimum atomic E-state index is -1.04. The van der Waals surface area contributed by atoms with Crippen LogP contribution >= 0.6 is 11.8 Å². The lowest BCUT2D eigenvalue weighted by Gasteiger charge is -2.04. The summed E-state index contributed by atoms with van der Waals surface area (Å²) in [6, 6.07) is 2.83. The number of nitrogen functional groups attached to an aromatic ring is 2. The summed E-state index contributed by atoms with van der Waals surface area (Å²) in [6.45, 7) is 0. The van der Waals surface area contributed by atoms with Crippen LogP contribution in [0.2, 0.25) is 0 Å². The number of carboxylic acids is 1. The molecule has 0 fully saturated rings. The van der Waals surface area contributed by atoms with Crippen LogP contribution in [-0.4, -0.2) is 26.0 Å². The van der Waals surface area contributed by atoms with Crippen molar-refractivity contribution in [3.63, 3.8) is 0 Å².